The summed E-state index contributed by atoms with van der Waals surface area (Å²) in [5, 5.41) is 12.5. The van der Waals surface area contributed by atoms with Crippen molar-refractivity contribution in [1.29, 1.82) is 0 Å². The van der Waals surface area contributed by atoms with Gasteiger partial charge < -0.3 is 5.32 Å². The van der Waals surface area contributed by atoms with E-state index in [0.29, 0.717) is 10.9 Å². The molecule has 0 unspecified atom stereocenters. The van der Waals surface area contributed by atoms with Gasteiger partial charge >= 0.3 is 6.03 Å². The predicted octanol–water partition coefficient (Wildman–Crippen LogP) is 2.77. The zero-order valence-electron chi connectivity index (χ0n) is 12.6. The van der Waals surface area contributed by atoms with Gasteiger partial charge in [0.1, 0.15) is 0 Å². The SMILES string of the molecule is CSc1nnc(S[C@H](C)C(=O)NC(=O)NCc2ccccc2)s1. The molecule has 0 saturated heterocycles. The van der Waals surface area contributed by atoms with Gasteiger partial charge in [0.25, 0.3) is 0 Å². The molecular weight excluding hydrogens is 352 g/mol. The Kier molecular flexibility index (Phi) is 6.87. The fourth-order valence-electron chi connectivity index (χ4n) is 1.57. The topological polar surface area (TPSA) is 84.0 Å². The lowest BCUT2D eigenvalue weighted by molar-refractivity contribution is -0.119. The fourth-order valence-corrected chi connectivity index (χ4v) is 4.15. The summed E-state index contributed by atoms with van der Waals surface area (Å²) in [6.07, 6.45) is 1.92. The molecule has 0 aliphatic heterocycles. The van der Waals surface area contributed by atoms with Gasteiger partial charge in [0.2, 0.25) is 5.91 Å². The molecule has 0 aliphatic carbocycles. The first kappa shape index (κ1) is 17.8. The van der Waals surface area contributed by atoms with Crippen LogP contribution in [0.15, 0.2) is 39.0 Å². The number of thioether (sulfide) groups is 2. The molecule has 2 N–H and O–H groups in total. The number of benzene rings is 1. The minimum Gasteiger partial charge on any atom is -0.334 e. The minimum absolute atomic E-state index is 0.360. The van der Waals surface area contributed by atoms with Crippen molar-refractivity contribution in [3.63, 3.8) is 0 Å². The van der Waals surface area contributed by atoms with Crippen LogP contribution in [-0.2, 0) is 11.3 Å². The maximum absolute atomic E-state index is 12.0. The number of carbonyl (C=O) groups excluding carboxylic acids is 2. The molecule has 0 fully saturated rings. The minimum atomic E-state index is -0.506. The van der Waals surface area contributed by atoms with Crippen molar-refractivity contribution < 1.29 is 9.59 Å². The Morgan fingerprint density at radius 1 is 1.22 bits per heavy atom. The van der Waals surface area contributed by atoms with Crippen LogP contribution >= 0.6 is 34.9 Å². The zero-order valence-corrected chi connectivity index (χ0v) is 15.1. The maximum Gasteiger partial charge on any atom is 0.321 e. The molecule has 9 heteroatoms. The number of amides is 3. The summed E-state index contributed by atoms with van der Waals surface area (Å²) < 4.78 is 1.56. The molecule has 1 heterocycles. The summed E-state index contributed by atoms with van der Waals surface area (Å²) in [6, 6.07) is 8.99. The van der Waals surface area contributed by atoms with Gasteiger partial charge in [0.15, 0.2) is 8.68 Å². The Morgan fingerprint density at radius 3 is 2.57 bits per heavy atom. The molecule has 122 valence electrons. The van der Waals surface area contributed by atoms with Crippen molar-refractivity contribution >= 4 is 46.8 Å². The predicted molar refractivity (Wildman–Crippen MR) is 93.8 cm³/mol. The van der Waals surface area contributed by atoms with E-state index in [9.17, 15) is 9.59 Å². The quantitative estimate of drug-likeness (QED) is 0.763. The molecule has 0 spiro atoms. The van der Waals surface area contributed by atoms with E-state index in [-0.39, 0.29) is 5.91 Å². The molecule has 0 saturated carbocycles. The van der Waals surface area contributed by atoms with Gasteiger partial charge in [-0.3, -0.25) is 10.1 Å². The largest absolute Gasteiger partial charge is 0.334 e. The average Bonchev–Trinajstić information content (AvgIpc) is 3.01. The number of hydrogen-bond acceptors (Lipinski definition) is 7. The molecule has 2 rings (SSSR count). The number of urea groups is 1. The lowest BCUT2D eigenvalue weighted by Crippen LogP contribution is -2.42. The molecule has 0 aliphatic rings. The summed E-state index contributed by atoms with van der Waals surface area (Å²) in [5.41, 5.74) is 0.968. The van der Waals surface area contributed by atoms with Crippen LogP contribution in [0.3, 0.4) is 0 Å². The van der Waals surface area contributed by atoms with Gasteiger partial charge in [0.05, 0.1) is 5.25 Å². The normalized spacial score (nSPS) is 11.7. The van der Waals surface area contributed by atoms with Crippen molar-refractivity contribution in [1.82, 2.24) is 20.8 Å². The molecule has 0 bridgehead atoms. The smallest absolute Gasteiger partial charge is 0.321 e. The second-order valence-corrected chi connectivity index (χ2v) is 8.07. The molecule has 1 atom stereocenters. The summed E-state index contributed by atoms with van der Waals surface area (Å²) in [6.45, 7) is 2.10. The van der Waals surface area contributed by atoms with Gasteiger partial charge in [-0.1, -0.05) is 65.2 Å². The van der Waals surface area contributed by atoms with Crippen LogP contribution in [-0.4, -0.2) is 33.6 Å². The first-order valence-electron chi connectivity index (χ1n) is 6.75. The van der Waals surface area contributed by atoms with Gasteiger partial charge in [-0.05, 0) is 18.7 Å². The van der Waals surface area contributed by atoms with Crippen LogP contribution in [0.2, 0.25) is 0 Å². The maximum atomic E-state index is 12.0. The van der Waals surface area contributed by atoms with Crippen LogP contribution in [0.1, 0.15) is 12.5 Å². The third-order valence-corrected chi connectivity index (χ3v) is 5.83. The van der Waals surface area contributed by atoms with E-state index in [1.54, 1.807) is 6.92 Å². The Labute approximate surface area is 146 Å². The Morgan fingerprint density at radius 2 is 1.91 bits per heavy atom. The summed E-state index contributed by atoms with van der Waals surface area (Å²) in [7, 11) is 0. The van der Waals surface area contributed by atoms with Crippen LogP contribution in [0.25, 0.3) is 0 Å². The van der Waals surface area contributed by atoms with Crippen LogP contribution < -0.4 is 10.6 Å². The van der Waals surface area contributed by atoms with E-state index in [1.807, 2.05) is 36.6 Å². The van der Waals surface area contributed by atoms with E-state index in [2.05, 4.69) is 20.8 Å². The lowest BCUT2D eigenvalue weighted by atomic mass is 10.2. The van der Waals surface area contributed by atoms with Crippen molar-refractivity contribution in [3.8, 4) is 0 Å². The zero-order chi connectivity index (χ0) is 16.7. The number of nitrogens with one attached hydrogen (secondary N) is 2. The first-order valence-corrected chi connectivity index (χ1v) is 9.67. The molecule has 1 aromatic heterocycles. The Bertz CT molecular complexity index is 663. The molecular formula is C14H16N4O2S3. The van der Waals surface area contributed by atoms with Crippen LogP contribution in [0.5, 0.6) is 0 Å². The van der Waals surface area contributed by atoms with Crippen molar-refractivity contribution in [2.45, 2.75) is 27.4 Å². The second-order valence-electron chi connectivity index (χ2n) is 4.46. The molecule has 0 radical (unpaired) electrons. The van der Waals surface area contributed by atoms with E-state index in [1.165, 1.54) is 34.9 Å². The third-order valence-electron chi connectivity index (χ3n) is 2.74. The van der Waals surface area contributed by atoms with Gasteiger partial charge in [-0.25, -0.2) is 4.79 Å². The average molecular weight is 369 g/mol. The van der Waals surface area contributed by atoms with Crippen LogP contribution in [0.4, 0.5) is 4.79 Å². The van der Waals surface area contributed by atoms with Crippen LogP contribution in [0, 0.1) is 0 Å². The standard InChI is InChI=1S/C14H16N4O2S3/c1-9(22-14-18-17-13(21-2)23-14)11(19)16-12(20)15-8-10-6-4-3-5-7-10/h3-7,9H,8H2,1-2H3,(H2,15,16,19,20)/t9-/m1/s1. The monoisotopic (exact) mass is 368 g/mol. The number of hydrogen-bond donors (Lipinski definition) is 2. The summed E-state index contributed by atoms with van der Waals surface area (Å²) in [5.74, 6) is -0.360. The molecule has 3 amide bonds. The van der Waals surface area contributed by atoms with E-state index in [0.717, 1.165) is 9.90 Å². The number of imide groups is 1. The van der Waals surface area contributed by atoms with E-state index >= 15 is 0 Å². The van der Waals surface area contributed by atoms with Crippen molar-refractivity contribution in [2.24, 2.45) is 0 Å². The summed E-state index contributed by atoms with van der Waals surface area (Å²) in [4.78, 5) is 23.8. The van der Waals surface area contributed by atoms with Gasteiger partial charge in [0, 0.05) is 6.54 Å². The first-order chi connectivity index (χ1) is 11.1. The van der Waals surface area contributed by atoms with Gasteiger partial charge in [-0.15, -0.1) is 10.2 Å². The molecule has 6 nitrogen and oxygen atoms in total. The molecule has 23 heavy (non-hydrogen) atoms. The molecule has 1 aromatic carbocycles. The second kappa shape index (κ2) is 8.90. The Hall–Kier alpha value is -1.58. The molecule has 2 aromatic rings. The van der Waals surface area contributed by atoms with Gasteiger partial charge in [-0.2, -0.15) is 0 Å². The Balaban J connectivity index is 1.77. The highest BCUT2D eigenvalue weighted by atomic mass is 32.2. The number of rotatable bonds is 6. The van der Waals surface area contributed by atoms with E-state index < -0.39 is 11.3 Å². The van der Waals surface area contributed by atoms with Crippen molar-refractivity contribution in [3.05, 3.63) is 35.9 Å². The highest BCUT2D eigenvalue weighted by molar-refractivity contribution is 8.03. The van der Waals surface area contributed by atoms with Crippen molar-refractivity contribution in [2.75, 3.05) is 6.26 Å². The number of nitrogens with zero attached hydrogens (tertiary/aromatic N) is 2. The highest BCUT2D eigenvalue weighted by Crippen LogP contribution is 2.30. The number of carbonyl (C=O) groups is 2. The fraction of sp³-hybridized carbons (Fsp3) is 0.286. The lowest BCUT2D eigenvalue weighted by Gasteiger charge is -2.10. The number of aromatic nitrogens is 2. The van der Waals surface area contributed by atoms with E-state index in [4.69, 9.17) is 0 Å². The highest BCUT2D eigenvalue weighted by Gasteiger charge is 2.19. The third kappa shape index (κ3) is 5.85. The summed E-state index contributed by atoms with van der Waals surface area (Å²) >= 11 is 4.22.